The van der Waals surface area contributed by atoms with Crippen LogP contribution in [0.2, 0.25) is 0 Å². The first-order valence-electron chi connectivity index (χ1n) is 5.56. The first kappa shape index (κ1) is 13.7. The summed E-state index contributed by atoms with van der Waals surface area (Å²) in [6.07, 6.45) is -1.98. The van der Waals surface area contributed by atoms with Crippen molar-refractivity contribution in [3.05, 3.63) is 0 Å². The topological polar surface area (TPSA) is 58.6 Å². The molecule has 2 atom stereocenters. The molecule has 1 rings (SSSR count). The molecule has 98 valence electrons. The molecule has 1 aliphatic heterocycles. The number of alkyl carbamates (subject to hydrolysis) is 1. The average Bonchev–Trinajstić information content (AvgIpc) is 2.11. The highest BCUT2D eigenvalue weighted by Crippen LogP contribution is 2.15. The van der Waals surface area contributed by atoms with Gasteiger partial charge in [-0.05, 0) is 20.8 Å². The molecule has 1 aliphatic rings. The van der Waals surface area contributed by atoms with Crippen LogP contribution in [0.15, 0.2) is 0 Å². The van der Waals surface area contributed by atoms with Gasteiger partial charge in [0.1, 0.15) is 11.8 Å². The van der Waals surface area contributed by atoms with Crippen LogP contribution >= 0.6 is 0 Å². The van der Waals surface area contributed by atoms with Gasteiger partial charge < -0.3 is 15.0 Å². The molecule has 1 heterocycles. The highest BCUT2D eigenvalue weighted by molar-refractivity contribution is 5.79. The molecule has 5 nitrogen and oxygen atoms in total. The number of ether oxygens (including phenoxy) is 1. The van der Waals surface area contributed by atoms with Gasteiger partial charge in [-0.1, -0.05) is 0 Å². The minimum absolute atomic E-state index is 0.000697. The molecule has 0 aromatic rings. The molecule has 1 fully saturated rings. The summed E-state index contributed by atoms with van der Waals surface area (Å²) in [5.41, 5.74) is -0.634. The van der Waals surface area contributed by atoms with Gasteiger partial charge in [0.25, 0.3) is 0 Å². The third kappa shape index (κ3) is 4.20. The maximum Gasteiger partial charge on any atom is 0.407 e. The van der Waals surface area contributed by atoms with E-state index >= 15 is 0 Å². The average molecular weight is 246 g/mol. The van der Waals surface area contributed by atoms with Crippen LogP contribution < -0.4 is 5.32 Å². The number of hydrogen-bond donors (Lipinski definition) is 1. The molecule has 0 radical (unpaired) electrons. The van der Waals surface area contributed by atoms with Crippen molar-refractivity contribution in [1.82, 2.24) is 10.2 Å². The van der Waals surface area contributed by atoms with Crippen LogP contribution in [0.25, 0.3) is 0 Å². The number of alkyl halides is 1. The fourth-order valence-corrected chi connectivity index (χ4v) is 1.56. The normalized spacial score (nSPS) is 25.7. The van der Waals surface area contributed by atoms with E-state index in [4.69, 9.17) is 4.74 Å². The van der Waals surface area contributed by atoms with Gasteiger partial charge in [0, 0.05) is 7.05 Å². The molecule has 0 aromatic carbocycles. The number of nitrogens with one attached hydrogen (secondary N) is 1. The Morgan fingerprint density at radius 3 is 2.65 bits per heavy atom. The number of likely N-dealkylation sites (tertiary alicyclic amines) is 1. The van der Waals surface area contributed by atoms with Gasteiger partial charge in [0.2, 0.25) is 5.91 Å². The maximum atomic E-state index is 13.6. The quantitative estimate of drug-likeness (QED) is 0.753. The van der Waals surface area contributed by atoms with Crippen LogP contribution in [0, 0.1) is 0 Å². The second kappa shape index (κ2) is 4.89. The van der Waals surface area contributed by atoms with E-state index in [1.807, 2.05) is 0 Å². The Labute approximate surface area is 100 Å². The Bertz CT molecular complexity index is 314. The lowest BCUT2D eigenvalue weighted by atomic mass is 10.0. The van der Waals surface area contributed by atoms with Gasteiger partial charge in [0.15, 0.2) is 0 Å². The van der Waals surface area contributed by atoms with Gasteiger partial charge in [-0.15, -0.1) is 0 Å². The van der Waals surface area contributed by atoms with Crippen LogP contribution in [0.1, 0.15) is 27.2 Å². The van der Waals surface area contributed by atoms with Crippen LogP contribution in [0.3, 0.4) is 0 Å². The minimum Gasteiger partial charge on any atom is -0.444 e. The summed E-state index contributed by atoms with van der Waals surface area (Å²) in [5, 5.41) is 2.39. The first-order valence-corrected chi connectivity index (χ1v) is 5.56. The summed E-state index contributed by atoms with van der Waals surface area (Å²) in [4.78, 5) is 24.1. The lowest BCUT2D eigenvalue weighted by molar-refractivity contribution is -0.134. The van der Waals surface area contributed by atoms with E-state index in [2.05, 4.69) is 5.32 Å². The first-order chi connectivity index (χ1) is 7.69. The molecule has 0 spiro atoms. The number of amides is 2. The van der Waals surface area contributed by atoms with E-state index in [1.165, 1.54) is 4.90 Å². The Morgan fingerprint density at radius 2 is 2.12 bits per heavy atom. The smallest absolute Gasteiger partial charge is 0.407 e. The summed E-state index contributed by atoms with van der Waals surface area (Å²) in [6, 6.07) is -0.798. The van der Waals surface area contributed by atoms with Crippen LogP contribution in [-0.2, 0) is 9.53 Å². The fourth-order valence-electron chi connectivity index (χ4n) is 1.56. The van der Waals surface area contributed by atoms with E-state index in [1.54, 1.807) is 27.8 Å². The highest BCUT2D eigenvalue weighted by atomic mass is 19.1. The zero-order valence-electron chi connectivity index (χ0n) is 10.6. The third-order valence-corrected chi connectivity index (χ3v) is 2.41. The van der Waals surface area contributed by atoms with Gasteiger partial charge in [-0.25, -0.2) is 9.18 Å². The molecule has 0 aromatic heterocycles. The van der Waals surface area contributed by atoms with Crippen molar-refractivity contribution < 1.29 is 18.7 Å². The molecular weight excluding hydrogens is 227 g/mol. The Kier molecular flexibility index (Phi) is 3.95. The number of nitrogens with zero attached hydrogens (tertiary/aromatic N) is 1. The molecule has 0 saturated carbocycles. The van der Waals surface area contributed by atoms with E-state index in [9.17, 15) is 14.0 Å². The zero-order chi connectivity index (χ0) is 13.2. The summed E-state index contributed by atoms with van der Waals surface area (Å²) in [5.74, 6) is -0.181. The van der Waals surface area contributed by atoms with Gasteiger partial charge in [0.05, 0.1) is 19.0 Å². The Hall–Kier alpha value is -1.33. The van der Waals surface area contributed by atoms with Crippen LogP contribution in [0.4, 0.5) is 9.18 Å². The van der Waals surface area contributed by atoms with Gasteiger partial charge in [-0.3, -0.25) is 4.79 Å². The lowest BCUT2D eigenvalue weighted by Gasteiger charge is -2.32. The number of halogens is 1. The SMILES string of the molecule is CN1C[C@H](F)[C@H](NC(=O)OC(C)(C)C)CC1=O. The molecular formula is C11H19FN2O3. The Balaban J connectivity index is 2.51. The standard InChI is InChI=1S/C11H19FN2O3/c1-11(2,3)17-10(16)13-8-5-9(15)14(4)6-7(8)12/h7-8H,5-6H2,1-4H3,(H,13,16)/t7-,8+/m0/s1. The lowest BCUT2D eigenvalue weighted by Crippen LogP contribution is -2.54. The number of piperidine rings is 1. The summed E-state index contributed by atoms with van der Waals surface area (Å²) in [6.45, 7) is 5.16. The predicted molar refractivity (Wildman–Crippen MR) is 60.3 cm³/mol. The predicted octanol–water partition coefficient (Wildman–Crippen LogP) is 1.08. The molecule has 2 amide bonds. The maximum absolute atomic E-state index is 13.6. The van der Waals surface area contributed by atoms with E-state index < -0.39 is 23.9 Å². The van der Waals surface area contributed by atoms with Gasteiger partial charge >= 0.3 is 6.09 Å². The summed E-state index contributed by atoms with van der Waals surface area (Å²) in [7, 11) is 1.54. The van der Waals surface area contributed by atoms with E-state index in [0.717, 1.165) is 0 Å². The molecule has 1 saturated heterocycles. The number of carbonyl (C=O) groups excluding carboxylic acids is 2. The van der Waals surface area contributed by atoms with Crippen molar-refractivity contribution >= 4 is 12.0 Å². The second-order valence-corrected chi connectivity index (χ2v) is 5.25. The molecule has 17 heavy (non-hydrogen) atoms. The van der Waals surface area contributed by atoms with Gasteiger partial charge in [-0.2, -0.15) is 0 Å². The van der Waals surface area contributed by atoms with Crippen molar-refractivity contribution in [3.63, 3.8) is 0 Å². The minimum atomic E-state index is -1.26. The summed E-state index contributed by atoms with van der Waals surface area (Å²) < 4.78 is 18.6. The third-order valence-electron chi connectivity index (χ3n) is 2.41. The molecule has 0 unspecified atom stereocenters. The molecule has 0 bridgehead atoms. The van der Waals surface area contributed by atoms with Crippen molar-refractivity contribution in [3.8, 4) is 0 Å². The van der Waals surface area contributed by atoms with Crippen molar-refractivity contribution in [1.29, 1.82) is 0 Å². The monoisotopic (exact) mass is 246 g/mol. The van der Waals surface area contributed by atoms with Crippen molar-refractivity contribution in [2.45, 2.75) is 45.0 Å². The number of hydrogen-bond acceptors (Lipinski definition) is 3. The van der Waals surface area contributed by atoms with E-state index in [-0.39, 0.29) is 18.9 Å². The Morgan fingerprint density at radius 1 is 1.53 bits per heavy atom. The molecule has 6 heteroatoms. The molecule has 0 aliphatic carbocycles. The van der Waals surface area contributed by atoms with Crippen LogP contribution in [-0.4, -0.2) is 48.3 Å². The second-order valence-electron chi connectivity index (χ2n) is 5.25. The number of rotatable bonds is 1. The van der Waals surface area contributed by atoms with Crippen LogP contribution in [0.5, 0.6) is 0 Å². The fraction of sp³-hybridized carbons (Fsp3) is 0.818. The largest absolute Gasteiger partial charge is 0.444 e. The molecule has 1 N–H and O–H groups in total. The van der Waals surface area contributed by atoms with E-state index in [0.29, 0.717) is 0 Å². The zero-order valence-corrected chi connectivity index (χ0v) is 10.6. The number of carbonyl (C=O) groups is 2. The van der Waals surface area contributed by atoms with Crippen molar-refractivity contribution in [2.24, 2.45) is 0 Å². The highest BCUT2D eigenvalue weighted by Gasteiger charge is 2.34. The van der Waals surface area contributed by atoms with Crippen molar-refractivity contribution in [2.75, 3.05) is 13.6 Å². The summed E-state index contributed by atoms with van der Waals surface area (Å²) >= 11 is 0.